The summed E-state index contributed by atoms with van der Waals surface area (Å²) in [5, 5.41) is 18.8. The zero-order valence-corrected chi connectivity index (χ0v) is 8.20. The third-order valence-corrected chi connectivity index (χ3v) is 2.79. The summed E-state index contributed by atoms with van der Waals surface area (Å²) in [5.41, 5.74) is 0. The van der Waals surface area contributed by atoms with Gasteiger partial charge in [0.1, 0.15) is 18.3 Å². The highest BCUT2D eigenvalue weighted by Crippen LogP contribution is 2.31. The maximum atomic E-state index is 10.5. The molecule has 0 spiro atoms. The molecule has 9 heteroatoms. The molecule has 5 atom stereocenters. The van der Waals surface area contributed by atoms with Crippen LogP contribution >= 0.6 is 0 Å². The first kappa shape index (κ1) is 11.2. The molecule has 0 aromatic carbocycles. The van der Waals surface area contributed by atoms with Crippen LogP contribution in [0.5, 0.6) is 0 Å². The lowest BCUT2D eigenvalue weighted by Gasteiger charge is -2.33. The Kier molecular flexibility index (Phi) is 2.71. The summed E-state index contributed by atoms with van der Waals surface area (Å²) in [6.45, 7) is 0.0359. The quantitative estimate of drug-likeness (QED) is 0.460. The van der Waals surface area contributed by atoms with Crippen LogP contribution in [-0.2, 0) is 24.1 Å². The van der Waals surface area contributed by atoms with Crippen molar-refractivity contribution in [3.05, 3.63) is 0 Å². The fourth-order valence-electron chi connectivity index (χ4n) is 1.69. The van der Waals surface area contributed by atoms with Crippen molar-refractivity contribution in [2.75, 3.05) is 6.61 Å². The Balaban J connectivity index is 2.16. The monoisotopic (exact) mass is 242 g/mol. The molecular formula is C6H10O8S. The van der Waals surface area contributed by atoms with Gasteiger partial charge >= 0.3 is 10.4 Å². The minimum Gasteiger partial charge on any atom is -0.387 e. The highest BCUT2D eigenvalue weighted by molar-refractivity contribution is 7.80. The van der Waals surface area contributed by atoms with Crippen LogP contribution in [0.3, 0.4) is 0 Å². The van der Waals surface area contributed by atoms with Crippen molar-refractivity contribution < 1.29 is 36.8 Å². The van der Waals surface area contributed by atoms with E-state index in [1.54, 1.807) is 0 Å². The van der Waals surface area contributed by atoms with Crippen molar-refractivity contribution in [1.29, 1.82) is 0 Å². The van der Waals surface area contributed by atoms with Gasteiger partial charge in [-0.25, -0.2) is 4.18 Å². The van der Waals surface area contributed by atoms with Crippen molar-refractivity contribution in [1.82, 2.24) is 0 Å². The van der Waals surface area contributed by atoms with Crippen LogP contribution in [0.2, 0.25) is 0 Å². The van der Waals surface area contributed by atoms with Crippen LogP contribution in [0.15, 0.2) is 0 Å². The molecule has 0 unspecified atom stereocenters. The molecule has 2 aliphatic rings. The first-order valence-electron chi connectivity index (χ1n) is 4.17. The SMILES string of the molecule is O=S(=O)(O)O[C@@H]1[C@@H]2OC[C@H](O[C@H]1O)[C@@H]2O. The Hall–Kier alpha value is -0.290. The molecule has 2 heterocycles. The van der Waals surface area contributed by atoms with Gasteiger partial charge in [0.25, 0.3) is 0 Å². The molecule has 0 saturated carbocycles. The zero-order valence-electron chi connectivity index (χ0n) is 7.38. The smallest absolute Gasteiger partial charge is 0.387 e. The second-order valence-electron chi connectivity index (χ2n) is 3.34. The first-order chi connectivity index (χ1) is 6.88. The summed E-state index contributed by atoms with van der Waals surface area (Å²) in [5.74, 6) is 0. The summed E-state index contributed by atoms with van der Waals surface area (Å²) >= 11 is 0. The van der Waals surface area contributed by atoms with Gasteiger partial charge < -0.3 is 19.7 Å². The molecule has 0 aliphatic carbocycles. The lowest BCUT2D eigenvalue weighted by molar-refractivity contribution is -0.235. The second kappa shape index (κ2) is 3.63. The number of ether oxygens (including phenoxy) is 2. The fourth-order valence-corrected chi connectivity index (χ4v) is 2.17. The molecule has 15 heavy (non-hydrogen) atoms. The van der Waals surface area contributed by atoms with E-state index >= 15 is 0 Å². The van der Waals surface area contributed by atoms with Crippen LogP contribution in [0.25, 0.3) is 0 Å². The van der Waals surface area contributed by atoms with E-state index in [2.05, 4.69) is 4.18 Å². The topological polar surface area (TPSA) is 123 Å². The maximum absolute atomic E-state index is 10.5. The molecule has 8 nitrogen and oxygen atoms in total. The predicted octanol–water partition coefficient (Wildman–Crippen LogP) is -2.35. The highest BCUT2D eigenvalue weighted by atomic mass is 32.3. The number of rotatable bonds is 2. The summed E-state index contributed by atoms with van der Waals surface area (Å²) in [7, 11) is -4.74. The van der Waals surface area contributed by atoms with Gasteiger partial charge in [0, 0.05) is 0 Å². The average molecular weight is 242 g/mol. The molecule has 0 aromatic heterocycles. The number of hydrogen-bond acceptors (Lipinski definition) is 7. The van der Waals surface area contributed by atoms with E-state index in [9.17, 15) is 18.6 Å². The van der Waals surface area contributed by atoms with Crippen LogP contribution in [-0.4, -0.2) is 60.5 Å². The molecule has 0 amide bonds. The Morgan fingerprint density at radius 3 is 2.60 bits per heavy atom. The second-order valence-corrected chi connectivity index (χ2v) is 4.39. The summed E-state index contributed by atoms with van der Waals surface area (Å²) in [6, 6.07) is 0. The summed E-state index contributed by atoms with van der Waals surface area (Å²) < 4.78 is 43.3. The number of aliphatic hydroxyl groups excluding tert-OH is 2. The lowest BCUT2D eigenvalue weighted by atomic mass is 10.0. The summed E-state index contributed by atoms with van der Waals surface area (Å²) in [6.07, 6.45) is -5.84. The molecular weight excluding hydrogens is 232 g/mol. The van der Waals surface area contributed by atoms with Crippen molar-refractivity contribution in [2.24, 2.45) is 0 Å². The molecule has 3 N–H and O–H groups in total. The van der Waals surface area contributed by atoms with Crippen molar-refractivity contribution in [3.63, 3.8) is 0 Å². The Morgan fingerprint density at radius 2 is 2.00 bits per heavy atom. The Morgan fingerprint density at radius 1 is 1.33 bits per heavy atom. The standard InChI is InChI=1S/C6H10O8S/c7-3-2-1-12-4(3)5(6(8)13-2)14-15(9,10)11/h2-8H,1H2,(H,9,10,11)/t2-,3-,4+,5+,6+/m0/s1. The highest BCUT2D eigenvalue weighted by Gasteiger charge is 2.52. The largest absolute Gasteiger partial charge is 0.397 e. The number of aliphatic hydroxyl groups is 2. The van der Waals surface area contributed by atoms with Crippen LogP contribution in [0.4, 0.5) is 0 Å². The number of hydrogen-bond donors (Lipinski definition) is 3. The van der Waals surface area contributed by atoms with Crippen molar-refractivity contribution >= 4 is 10.4 Å². The van der Waals surface area contributed by atoms with E-state index in [0.717, 1.165) is 0 Å². The Bertz CT molecular complexity index is 339. The van der Waals surface area contributed by atoms with E-state index in [-0.39, 0.29) is 6.61 Å². The molecule has 2 fully saturated rings. The van der Waals surface area contributed by atoms with Gasteiger partial charge in [-0.1, -0.05) is 0 Å². The van der Waals surface area contributed by atoms with E-state index in [1.165, 1.54) is 0 Å². The van der Waals surface area contributed by atoms with E-state index < -0.39 is 41.1 Å². The molecule has 0 aromatic rings. The van der Waals surface area contributed by atoms with Gasteiger partial charge in [0.05, 0.1) is 6.61 Å². The summed E-state index contributed by atoms with van der Waals surface area (Å²) in [4.78, 5) is 0. The van der Waals surface area contributed by atoms with Crippen molar-refractivity contribution in [2.45, 2.75) is 30.7 Å². The molecule has 2 aliphatic heterocycles. The molecule has 2 saturated heterocycles. The van der Waals surface area contributed by atoms with Crippen LogP contribution in [0.1, 0.15) is 0 Å². The van der Waals surface area contributed by atoms with Gasteiger partial charge in [-0.3, -0.25) is 4.55 Å². The fraction of sp³-hybridized carbons (Fsp3) is 1.00. The minimum absolute atomic E-state index is 0.0359. The first-order valence-corrected chi connectivity index (χ1v) is 5.54. The van der Waals surface area contributed by atoms with Crippen LogP contribution in [0, 0.1) is 0 Å². The van der Waals surface area contributed by atoms with E-state index in [1.807, 2.05) is 0 Å². The lowest BCUT2D eigenvalue weighted by Crippen LogP contribution is -2.54. The van der Waals surface area contributed by atoms with E-state index in [4.69, 9.17) is 14.0 Å². The van der Waals surface area contributed by atoms with Gasteiger partial charge in [0.2, 0.25) is 0 Å². The molecule has 2 rings (SSSR count). The van der Waals surface area contributed by atoms with Gasteiger partial charge in [-0.15, -0.1) is 0 Å². The predicted molar refractivity (Wildman–Crippen MR) is 43.0 cm³/mol. The van der Waals surface area contributed by atoms with Gasteiger partial charge in [0.15, 0.2) is 12.4 Å². The van der Waals surface area contributed by atoms with Crippen LogP contribution < -0.4 is 0 Å². The third kappa shape index (κ3) is 2.13. The zero-order chi connectivity index (χ0) is 11.2. The third-order valence-electron chi connectivity index (χ3n) is 2.32. The van der Waals surface area contributed by atoms with Gasteiger partial charge in [-0.05, 0) is 0 Å². The number of fused-ring (bicyclic) bond motifs is 2. The molecule has 0 radical (unpaired) electrons. The van der Waals surface area contributed by atoms with Crippen molar-refractivity contribution in [3.8, 4) is 0 Å². The maximum Gasteiger partial charge on any atom is 0.397 e. The normalized spacial score (nSPS) is 45.7. The van der Waals surface area contributed by atoms with E-state index in [0.29, 0.717) is 0 Å². The molecule has 88 valence electrons. The Labute approximate surface area is 85.3 Å². The molecule has 2 bridgehead atoms. The van der Waals surface area contributed by atoms with Gasteiger partial charge in [-0.2, -0.15) is 8.42 Å². The average Bonchev–Trinajstić information content (AvgIpc) is 2.33. The minimum atomic E-state index is -4.74.